The van der Waals surface area contributed by atoms with Crippen LogP contribution in [0.2, 0.25) is 0 Å². The monoisotopic (exact) mass is 249 g/mol. The third-order valence-electron chi connectivity index (χ3n) is 3.77. The van der Waals surface area contributed by atoms with E-state index in [9.17, 15) is 5.11 Å². The van der Waals surface area contributed by atoms with Gasteiger partial charge < -0.3 is 15.2 Å². The van der Waals surface area contributed by atoms with Crippen LogP contribution < -0.4 is 10.1 Å². The van der Waals surface area contributed by atoms with Crippen LogP contribution in [-0.4, -0.2) is 24.9 Å². The van der Waals surface area contributed by atoms with E-state index in [0.29, 0.717) is 12.5 Å². The molecule has 0 aliphatic carbocycles. The van der Waals surface area contributed by atoms with Crippen molar-refractivity contribution < 1.29 is 9.84 Å². The highest BCUT2D eigenvalue weighted by Gasteiger charge is 2.42. The minimum atomic E-state index is -0.376. The maximum atomic E-state index is 9.95. The number of aliphatic hydroxyl groups excluding tert-OH is 1. The van der Waals surface area contributed by atoms with Crippen LogP contribution in [0.5, 0.6) is 5.75 Å². The number of fused-ring (bicyclic) bond motifs is 1. The van der Waals surface area contributed by atoms with Gasteiger partial charge in [0.15, 0.2) is 0 Å². The van der Waals surface area contributed by atoms with Gasteiger partial charge >= 0.3 is 0 Å². The minimum Gasteiger partial charge on any atom is -0.493 e. The summed E-state index contributed by atoms with van der Waals surface area (Å²) in [6.45, 7) is 8.10. The Morgan fingerprint density at radius 1 is 1.44 bits per heavy atom. The molecule has 2 rings (SSSR count). The third-order valence-corrected chi connectivity index (χ3v) is 3.77. The lowest BCUT2D eigenvalue weighted by molar-refractivity contribution is 0.0535. The summed E-state index contributed by atoms with van der Waals surface area (Å²) in [6, 6.07) is 8.00. The molecule has 1 heterocycles. The molecule has 2 unspecified atom stereocenters. The first-order valence-corrected chi connectivity index (χ1v) is 6.68. The average molecular weight is 249 g/mol. The molecular formula is C15H23NO2. The van der Waals surface area contributed by atoms with E-state index in [1.165, 1.54) is 0 Å². The number of nitrogens with one attached hydrogen (secondary N) is 1. The van der Waals surface area contributed by atoms with Gasteiger partial charge in [0.2, 0.25) is 0 Å². The SMILES string of the molecule is CC(C)CNC1(CO)c2ccccc2OCC1C. The number of rotatable bonds is 4. The molecule has 0 bridgehead atoms. The van der Waals surface area contributed by atoms with Gasteiger partial charge in [-0.1, -0.05) is 39.0 Å². The van der Waals surface area contributed by atoms with Gasteiger partial charge in [0, 0.05) is 11.5 Å². The van der Waals surface area contributed by atoms with Crippen LogP contribution in [0.1, 0.15) is 26.3 Å². The van der Waals surface area contributed by atoms with Gasteiger partial charge in [-0.05, 0) is 18.5 Å². The van der Waals surface area contributed by atoms with Crippen LogP contribution in [0.4, 0.5) is 0 Å². The molecule has 2 atom stereocenters. The van der Waals surface area contributed by atoms with Gasteiger partial charge in [-0.25, -0.2) is 0 Å². The van der Waals surface area contributed by atoms with Crippen LogP contribution in [0.3, 0.4) is 0 Å². The number of para-hydroxylation sites is 1. The molecule has 0 spiro atoms. The van der Waals surface area contributed by atoms with Gasteiger partial charge in [-0.3, -0.25) is 0 Å². The van der Waals surface area contributed by atoms with E-state index >= 15 is 0 Å². The lowest BCUT2D eigenvalue weighted by atomic mass is 9.77. The first kappa shape index (κ1) is 13.4. The topological polar surface area (TPSA) is 41.5 Å². The van der Waals surface area contributed by atoms with E-state index in [2.05, 4.69) is 32.2 Å². The van der Waals surface area contributed by atoms with Gasteiger partial charge in [0.25, 0.3) is 0 Å². The largest absolute Gasteiger partial charge is 0.493 e. The first-order chi connectivity index (χ1) is 8.60. The molecule has 100 valence electrons. The predicted molar refractivity (Wildman–Crippen MR) is 72.7 cm³/mol. The van der Waals surface area contributed by atoms with Crippen LogP contribution in [0.25, 0.3) is 0 Å². The number of ether oxygens (including phenoxy) is 1. The van der Waals surface area contributed by atoms with Crippen molar-refractivity contribution in [2.24, 2.45) is 11.8 Å². The summed E-state index contributed by atoms with van der Waals surface area (Å²) < 4.78 is 5.75. The van der Waals surface area contributed by atoms with E-state index in [0.717, 1.165) is 17.9 Å². The minimum absolute atomic E-state index is 0.0985. The van der Waals surface area contributed by atoms with Crippen molar-refractivity contribution in [1.29, 1.82) is 0 Å². The Balaban J connectivity index is 2.37. The van der Waals surface area contributed by atoms with Gasteiger partial charge in [-0.15, -0.1) is 0 Å². The molecule has 2 N–H and O–H groups in total. The number of hydrogen-bond acceptors (Lipinski definition) is 3. The zero-order chi connectivity index (χ0) is 13.2. The molecule has 3 heteroatoms. The second kappa shape index (κ2) is 5.29. The summed E-state index contributed by atoms with van der Waals surface area (Å²) in [6.07, 6.45) is 0. The normalized spacial score (nSPS) is 26.8. The molecule has 1 aliphatic heterocycles. The van der Waals surface area contributed by atoms with Crippen molar-refractivity contribution in [3.05, 3.63) is 29.8 Å². The Bertz CT molecular complexity index is 405. The van der Waals surface area contributed by atoms with Crippen LogP contribution >= 0.6 is 0 Å². The molecule has 0 fully saturated rings. The summed E-state index contributed by atoms with van der Waals surface area (Å²) in [5.41, 5.74) is 0.700. The summed E-state index contributed by atoms with van der Waals surface area (Å²) in [5.74, 6) is 1.69. The molecule has 0 amide bonds. The zero-order valence-corrected chi connectivity index (χ0v) is 11.4. The lowest BCUT2D eigenvalue weighted by Crippen LogP contribution is -2.55. The molecule has 1 aromatic rings. The predicted octanol–water partition coefficient (Wildman–Crippen LogP) is 2.15. The van der Waals surface area contributed by atoms with Gasteiger partial charge in [0.1, 0.15) is 5.75 Å². The highest BCUT2D eigenvalue weighted by Crippen LogP contribution is 2.39. The van der Waals surface area contributed by atoms with E-state index in [1.807, 2.05) is 18.2 Å². The maximum Gasteiger partial charge on any atom is 0.124 e. The Kier molecular flexibility index (Phi) is 3.93. The van der Waals surface area contributed by atoms with Crippen molar-refractivity contribution in [3.8, 4) is 5.75 Å². The molecule has 0 aromatic heterocycles. The Morgan fingerprint density at radius 3 is 2.83 bits per heavy atom. The molecule has 18 heavy (non-hydrogen) atoms. The van der Waals surface area contributed by atoms with Crippen molar-refractivity contribution in [1.82, 2.24) is 5.32 Å². The Morgan fingerprint density at radius 2 is 2.17 bits per heavy atom. The fourth-order valence-electron chi connectivity index (χ4n) is 2.54. The van der Waals surface area contributed by atoms with Gasteiger partial charge in [0.05, 0.1) is 18.8 Å². The summed E-state index contributed by atoms with van der Waals surface area (Å²) in [7, 11) is 0. The fourth-order valence-corrected chi connectivity index (χ4v) is 2.54. The fraction of sp³-hybridized carbons (Fsp3) is 0.600. The smallest absolute Gasteiger partial charge is 0.124 e. The van der Waals surface area contributed by atoms with Crippen molar-refractivity contribution in [2.75, 3.05) is 19.8 Å². The van der Waals surface area contributed by atoms with Crippen LogP contribution in [0, 0.1) is 11.8 Å². The standard InChI is InChI=1S/C15H23NO2/c1-11(2)8-16-15(10-17)12(3)9-18-14-7-5-4-6-13(14)15/h4-7,11-12,16-17H,8-10H2,1-3H3. The van der Waals surface area contributed by atoms with E-state index in [-0.39, 0.29) is 18.1 Å². The molecule has 0 radical (unpaired) electrons. The Hall–Kier alpha value is -1.06. The van der Waals surface area contributed by atoms with Crippen LogP contribution in [0.15, 0.2) is 24.3 Å². The highest BCUT2D eigenvalue weighted by atomic mass is 16.5. The number of aliphatic hydroxyl groups is 1. The molecule has 1 aliphatic rings. The molecular weight excluding hydrogens is 226 g/mol. The highest BCUT2D eigenvalue weighted by molar-refractivity contribution is 5.41. The van der Waals surface area contributed by atoms with E-state index in [4.69, 9.17) is 4.74 Å². The van der Waals surface area contributed by atoms with Crippen molar-refractivity contribution >= 4 is 0 Å². The lowest BCUT2D eigenvalue weighted by Gasteiger charge is -2.43. The number of benzene rings is 1. The quantitative estimate of drug-likeness (QED) is 0.859. The van der Waals surface area contributed by atoms with E-state index < -0.39 is 0 Å². The first-order valence-electron chi connectivity index (χ1n) is 6.68. The second-order valence-corrected chi connectivity index (χ2v) is 5.61. The summed E-state index contributed by atoms with van der Waals surface area (Å²) in [4.78, 5) is 0. The second-order valence-electron chi connectivity index (χ2n) is 5.61. The molecule has 3 nitrogen and oxygen atoms in total. The zero-order valence-electron chi connectivity index (χ0n) is 11.4. The third kappa shape index (κ3) is 2.25. The van der Waals surface area contributed by atoms with Crippen LogP contribution in [-0.2, 0) is 5.54 Å². The summed E-state index contributed by atoms with van der Waals surface area (Å²) in [5, 5.41) is 13.5. The average Bonchev–Trinajstić information content (AvgIpc) is 2.38. The molecule has 1 aromatic carbocycles. The van der Waals surface area contributed by atoms with Crippen molar-refractivity contribution in [2.45, 2.75) is 26.3 Å². The molecule has 0 saturated carbocycles. The Labute approximate surface area is 109 Å². The maximum absolute atomic E-state index is 9.95. The van der Waals surface area contributed by atoms with Gasteiger partial charge in [-0.2, -0.15) is 0 Å². The molecule has 0 saturated heterocycles. The summed E-state index contributed by atoms with van der Waals surface area (Å²) >= 11 is 0. The van der Waals surface area contributed by atoms with Crippen molar-refractivity contribution in [3.63, 3.8) is 0 Å². The van der Waals surface area contributed by atoms with E-state index in [1.54, 1.807) is 0 Å². The number of hydrogen-bond donors (Lipinski definition) is 2.